The summed E-state index contributed by atoms with van der Waals surface area (Å²) in [5, 5.41) is 6.02. The van der Waals surface area contributed by atoms with Crippen LogP contribution in [0.4, 0.5) is 0 Å². The summed E-state index contributed by atoms with van der Waals surface area (Å²) in [7, 11) is 4.05. The fourth-order valence-electron chi connectivity index (χ4n) is 3.23. The number of nitrogens with one attached hydrogen (secondary N) is 2. The van der Waals surface area contributed by atoms with Crippen LogP contribution in [0.3, 0.4) is 0 Å². The lowest BCUT2D eigenvalue weighted by Crippen LogP contribution is -2.61. The molecule has 1 saturated heterocycles. The molecule has 1 aliphatic heterocycles. The lowest BCUT2D eigenvalue weighted by atomic mass is 9.88. The molecule has 1 aromatic carbocycles. The highest BCUT2D eigenvalue weighted by Crippen LogP contribution is 2.22. The van der Waals surface area contributed by atoms with Gasteiger partial charge < -0.3 is 20.3 Å². The lowest BCUT2D eigenvalue weighted by molar-refractivity contribution is -0.137. The number of carbonyl (C=O) groups excluding carboxylic acids is 2. The van der Waals surface area contributed by atoms with Crippen molar-refractivity contribution in [2.75, 3.05) is 33.9 Å². The Balaban J connectivity index is 1.90. The van der Waals surface area contributed by atoms with E-state index in [1.165, 1.54) is 5.56 Å². The topological polar surface area (TPSA) is 70.7 Å². The molecule has 27 heavy (non-hydrogen) atoms. The van der Waals surface area contributed by atoms with Gasteiger partial charge in [0.1, 0.15) is 5.54 Å². The van der Waals surface area contributed by atoms with Crippen LogP contribution in [0, 0.1) is 6.92 Å². The normalized spacial score (nSPS) is 16.1. The van der Waals surface area contributed by atoms with Gasteiger partial charge in [-0.05, 0) is 46.0 Å². The van der Waals surface area contributed by atoms with Gasteiger partial charge in [0.25, 0.3) is 0 Å². The monoisotopic (exact) mass is 375 g/mol. The molecule has 2 rings (SSSR count). The number of hydrogen-bond acceptors (Lipinski definition) is 4. The third-order valence-corrected chi connectivity index (χ3v) is 4.99. The Hall–Kier alpha value is -1.92. The molecule has 1 fully saturated rings. The molecular weight excluding hydrogens is 342 g/mol. The van der Waals surface area contributed by atoms with E-state index in [0.717, 1.165) is 24.9 Å². The van der Waals surface area contributed by atoms with E-state index in [4.69, 9.17) is 4.74 Å². The number of aryl methyl sites for hydroxylation is 1. The summed E-state index contributed by atoms with van der Waals surface area (Å²) < 4.78 is 5.42. The minimum Gasteiger partial charge on any atom is -0.381 e. The summed E-state index contributed by atoms with van der Waals surface area (Å²) in [5.74, 6) is -0.172. The van der Waals surface area contributed by atoms with Gasteiger partial charge in [0.15, 0.2) is 0 Å². The highest BCUT2D eigenvalue weighted by molar-refractivity contribution is 5.91. The third kappa shape index (κ3) is 6.96. The fraction of sp³-hybridized carbons (Fsp3) is 0.619. The maximum atomic E-state index is 12.9. The summed E-state index contributed by atoms with van der Waals surface area (Å²) in [5.41, 5.74) is 1.38. The van der Waals surface area contributed by atoms with Gasteiger partial charge in [-0.2, -0.15) is 0 Å². The number of hydrogen-bond donors (Lipinski definition) is 2. The number of carbonyl (C=O) groups is 2. The largest absolute Gasteiger partial charge is 0.381 e. The molecule has 1 aromatic rings. The summed E-state index contributed by atoms with van der Waals surface area (Å²) in [6.07, 6.45) is 3.26. The van der Waals surface area contributed by atoms with E-state index >= 15 is 0 Å². The van der Waals surface area contributed by atoms with Gasteiger partial charge in [-0.3, -0.25) is 9.59 Å². The van der Waals surface area contributed by atoms with Gasteiger partial charge in [-0.1, -0.05) is 29.8 Å². The second-order valence-corrected chi connectivity index (χ2v) is 7.67. The van der Waals surface area contributed by atoms with E-state index < -0.39 is 5.54 Å². The van der Waals surface area contributed by atoms with Gasteiger partial charge in [0, 0.05) is 39.0 Å². The van der Waals surface area contributed by atoms with Gasteiger partial charge in [-0.15, -0.1) is 0 Å². The quantitative estimate of drug-likeness (QED) is 0.648. The molecule has 0 unspecified atom stereocenters. The van der Waals surface area contributed by atoms with E-state index in [1.807, 2.05) is 45.3 Å². The zero-order valence-corrected chi connectivity index (χ0v) is 16.8. The minimum atomic E-state index is -0.860. The highest BCUT2D eigenvalue weighted by Gasteiger charge is 2.41. The Bertz CT molecular complexity index is 608. The second kappa shape index (κ2) is 10.4. The van der Waals surface area contributed by atoms with E-state index in [-0.39, 0.29) is 11.8 Å². The molecule has 2 amide bonds. The first-order valence-corrected chi connectivity index (χ1v) is 9.79. The molecule has 0 spiro atoms. The van der Waals surface area contributed by atoms with Crippen molar-refractivity contribution in [2.24, 2.45) is 0 Å². The summed E-state index contributed by atoms with van der Waals surface area (Å²) >= 11 is 0. The van der Waals surface area contributed by atoms with Gasteiger partial charge in [0.05, 0.1) is 0 Å². The van der Waals surface area contributed by atoms with Gasteiger partial charge >= 0.3 is 0 Å². The van der Waals surface area contributed by atoms with E-state index in [2.05, 4.69) is 15.5 Å². The molecule has 1 heterocycles. The number of amides is 2. The molecule has 0 aromatic heterocycles. The van der Waals surface area contributed by atoms with Crippen LogP contribution in [0.5, 0.6) is 0 Å². The fourth-order valence-corrected chi connectivity index (χ4v) is 3.23. The average Bonchev–Trinajstić information content (AvgIpc) is 2.65. The molecule has 0 atom stereocenters. The van der Waals surface area contributed by atoms with Crippen LogP contribution in [-0.2, 0) is 20.9 Å². The average molecular weight is 376 g/mol. The molecule has 0 aliphatic carbocycles. The lowest BCUT2D eigenvalue weighted by Gasteiger charge is -2.36. The zero-order valence-electron chi connectivity index (χ0n) is 16.8. The van der Waals surface area contributed by atoms with Crippen LogP contribution in [0.15, 0.2) is 24.3 Å². The van der Waals surface area contributed by atoms with Gasteiger partial charge in [-0.25, -0.2) is 0 Å². The number of benzene rings is 1. The first-order chi connectivity index (χ1) is 12.9. The van der Waals surface area contributed by atoms with Crippen molar-refractivity contribution in [2.45, 2.75) is 51.1 Å². The SMILES string of the molecule is Cc1ccc(CNC(=O)C2(NC(=O)CCCCN(C)C)CCOCC2)cc1. The van der Waals surface area contributed by atoms with Crippen molar-refractivity contribution in [1.29, 1.82) is 0 Å². The first kappa shape index (κ1) is 21.4. The highest BCUT2D eigenvalue weighted by atomic mass is 16.5. The number of rotatable bonds is 9. The van der Waals surface area contributed by atoms with E-state index in [1.54, 1.807) is 0 Å². The third-order valence-electron chi connectivity index (χ3n) is 4.99. The number of nitrogens with zero attached hydrogens (tertiary/aromatic N) is 1. The Morgan fingerprint density at radius 1 is 1.11 bits per heavy atom. The van der Waals surface area contributed by atoms with Crippen LogP contribution < -0.4 is 10.6 Å². The van der Waals surface area contributed by atoms with Gasteiger partial charge in [0.2, 0.25) is 11.8 Å². The van der Waals surface area contributed by atoms with Crippen molar-refractivity contribution < 1.29 is 14.3 Å². The Morgan fingerprint density at radius 2 is 1.78 bits per heavy atom. The van der Waals surface area contributed by atoms with Crippen molar-refractivity contribution >= 4 is 11.8 Å². The van der Waals surface area contributed by atoms with Crippen LogP contribution in [-0.4, -0.2) is 56.1 Å². The maximum Gasteiger partial charge on any atom is 0.246 e. The van der Waals surface area contributed by atoms with Crippen LogP contribution in [0.2, 0.25) is 0 Å². The van der Waals surface area contributed by atoms with Crippen LogP contribution >= 0.6 is 0 Å². The van der Waals surface area contributed by atoms with E-state index in [9.17, 15) is 9.59 Å². The number of ether oxygens (including phenoxy) is 1. The molecule has 0 radical (unpaired) electrons. The molecule has 6 heteroatoms. The van der Waals surface area contributed by atoms with Crippen molar-refractivity contribution in [3.8, 4) is 0 Å². The summed E-state index contributed by atoms with van der Waals surface area (Å²) in [6.45, 7) is 4.43. The van der Waals surface area contributed by atoms with Crippen LogP contribution in [0.1, 0.15) is 43.2 Å². The Kier molecular flexibility index (Phi) is 8.25. The van der Waals surface area contributed by atoms with E-state index in [0.29, 0.717) is 39.0 Å². The molecule has 150 valence electrons. The maximum absolute atomic E-state index is 12.9. The predicted octanol–water partition coefficient (Wildman–Crippen LogP) is 2.01. The molecule has 6 nitrogen and oxygen atoms in total. The standard InChI is InChI=1S/C21H33N3O3/c1-17-7-9-18(10-8-17)16-22-20(26)21(11-14-27-15-12-21)23-19(25)6-4-5-13-24(2)3/h7-10H,4-6,11-16H2,1-3H3,(H,22,26)(H,23,25). The molecule has 0 bridgehead atoms. The second-order valence-electron chi connectivity index (χ2n) is 7.67. The molecular formula is C21H33N3O3. The smallest absolute Gasteiger partial charge is 0.246 e. The van der Waals surface area contributed by atoms with Crippen molar-refractivity contribution in [1.82, 2.24) is 15.5 Å². The minimum absolute atomic E-state index is 0.0545. The summed E-state index contributed by atoms with van der Waals surface area (Å²) in [6, 6.07) is 8.08. The van der Waals surface area contributed by atoms with Crippen molar-refractivity contribution in [3.05, 3.63) is 35.4 Å². The molecule has 0 saturated carbocycles. The first-order valence-electron chi connectivity index (χ1n) is 9.79. The zero-order chi connectivity index (χ0) is 19.7. The predicted molar refractivity (Wildman–Crippen MR) is 106 cm³/mol. The van der Waals surface area contributed by atoms with Crippen LogP contribution in [0.25, 0.3) is 0 Å². The Labute approximate surface area is 162 Å². The van der Waals surface area contributed by atoms with Crippen molar-refractivity contribution in [3.63, 3.8) is 0 Å². The number of unbranched alkanes of at least 4 members (excludes halogenated alkanes) is 1. The summed E-state index contributed by atoms with van der Waals surface area (Å²) in [4.78, 5) is 27.5. The molecule has 2 N–H and O–H groups in total. The Morgan fingerprint density at radius 3 is 2.41 bits per heavy atom. The molecule has 1 aliphatic rings.